The highest BCUT2D eigenvalue weighted by Crippen LogP contribution is 2.15. The van der Waals surface area contributed by atoms with Gasteiger partial charge in [0.1, 0.15) is 6.61 Å². The van der Waals surface area contributed by atoms with Crippen LogP contribution in [0.1, 0.15) is 20.8 Å². The van der Waals surface area contributed by atoms with E-state index >= 15 is 0 Å². The zero-order valence-corrected chi connectivity index (χ0v) is 9.09. The van der Waals surface area contributed by atoms with Gasteiger partial charge >= 0.3 is 0 Å². The lowest BCUT2D eigenvalue weighted by molar-refractivity contribution is -0.263. The number of aliphatic hydroxyl groups is 1. The number of aliphatic hydroxyl groups excluding tert-OH is 1. The summed E-state index contributed by atoms with van der Waals surface area (Å²) < 4.78 is 15.5. The van der Waals surface area contributed by atoms with Gasteiger partial charge in [0.05, 0.1) is 12.2 Å². The van der Waals surface area contributed by atoms with Crippen LogP contribution in [-0.2, 0) is 14.2 Å². The summed E-state index contributed by atoms with van der Waals surface area (Å²) in [5.41, 5.74) is -0.266. The van der Waals surface area contributed by atoms with Crippen molar-refractivity contribution in [2.75, 3.05) is 27.4 Å². The normalized spacial score (nSPS) is 13.4. The van der Waals surface area contributed by atoms with E-state index in [1.807, 2.05) is 20.8 Å². The van der Waals surface area contributed by atoms with E-state index in [4.69, 9.17) is 19.3 Å². The summed E-state index contributed by atoms with van der Waals surface area (Å²) in [5.74, 6) is -1.03. The zero-order valence-electron chi connectivity index (χ0n) is 9.09. The molecule has 80 valence electrons. The van der Waals surface area contributed by atoms with Gasteiger partial charge in [0.2, 0.25) is 5.79 Å². The number of methoxy groups -OCH3 is 2. The third-order valence-corrected chi connectivity index (χ3v) is 1.71. The van der Waals surface area contributed by atoms with Gasteiger partial charge in [-0.2, -0.15) is 0 Å². The molecule has 4 heteroatoms. The molecular weight excluding hydrogens is 172 g/mol. The van der Waals surface area contributed by atoms with Crippen molar-refractivity contribution >= 4 is 0 Å². The molecule has 1 N–H and O–H groups in total. The first-order valence-corrected chi connectivity index (χ1v) is 4.24. The fraction of sp³-hybridized carbons (Fsp3) is 1.00. The molecule has 0 unspecified atom stereocenters. The topological polar surface area (TPSA) is 47.9 Å². The molecule has 0 bridgehead atoms. The summed E-state index contributed by atoms with van der Waals surface area (Å²) >= 11 is 0. The van der Waals surface area contributed by atoms with E-state index in [0.29, 0.717) is 0 Å². The van der Waals surface area contributed by atoms with Crippen molar-refractivity contribution in [3.8, 4) is 0 Å². The number of hydrogen-bond donors (Lipinski definition) is 1. The van der Waals surface area contributed by atoms with Crippen molar-refractivity contribution in [1.29, 1.82) is 0 Å². The average Bonchev–Trinajstić information content (AvgIpc) is 2.06. The average molecular weight is 192 g/mol. The third-order valence-electron chi connectivity index (χ3n) is 1.71. The fourth-order valence-corrected chi connectivity index (χ4v) is 0.702. The molecule has 0 aromatic rings. The molecule has 0 aliphatic rings. The zero-order chi connectivity index (χ0) is 10.5. The molecule has 0 spiro atoms. The van der Waals surface area contributed by atoms with Gasteiger partial charge in [-0.05, 0) is 20.8 Å². The molecule has 4 nitrogen and oxygen atoms in total. The lowest BCUT2D eigenvalue weighted by Gasteiger charge is -2.31. The number of hydrogen-bond acceptors (Lipinski definition) is 4. The standard InChI is InChI=1S/C9H20O4/c1-8(2,3)13-7-9(6-10,11-4)12-5/h10H,6-7H2,1-5H3. The Balaban J connectivity index is 4.11. The Kier molecular flexibility index (Phi) is 4.85. The summed E-state index contributed by atoms with van der Waals surface area (Å²) in [6.07, 6.45) is 0. The second-order valence-electron chi connectivity index (χ2n) is 3.88. The predicted molar refractivity (Wildman–Crippen MR) is 49.5 cm³/mol. The van der Waals surface area contributed by atoms with E-state index in [2.05, 4.69) is 0 Å². The summed E-state index contributed by atoms with van der Waals surface area (Å²) in [4.78, 5) is 0. The van der Waals surface area contributed by atoms with E-state index in [1.54, 1.807) is 0 Å². The minimum Gasteiger partial charge on any atom is -0.391 e. The summed E-state index contributed by atoms with van der Waals surface area (Å²) in [5, 5.41) is 9.04. The monoisotopic (exact) mass is 192 g/mol. The molecule has 0 saturated carbocycles. The van der Waals surface area contributed by atoms with Crippen LogP contribution < -0.4 is 0 Å². The third kappa shape index (κ3) is 4.57. The van der Waals surface area contributed by atoms with Gasteiger partial charge in [0.15, 0.2) is 0 Å². The van der Waals surface area contributed by atoms with E-state index in [0.717, 1.165) is 0 Å². The second-order valence-corrected chi connectivity index (χ2v) is 3.88. The molecule has 0 saturated heterocycles. The van der Waals surface area contributed by atoms with Gasteiger partial charge in [0.25, 0.3) is 0 Å². The van der Waals surface area contributed by atoms with Gasteiger partial charge in [-0.25, -0.2) is 0 Å². The van der Waals surface area contributed by atoms with Crippen molar-refractivity contribution in [1.82, 2.24) is 0 Å². The molecular formula is C9H20O4. The second kappa shape index (κ2) is 4.91. The highest BCUT2D eigenvalue weighted by atomic mass is 16.7. The van der Waals surface area contributed by atoms with Crippen LogP contribution in [0.15, 0.2) is 0 Å². The van der Waals surface area contributed by atoms with E-state index < -0.39 is 5.79 Å². The van der Waals surface area contributed by atoms with Crippen LogP contribution in [0.3, 0.4) is 0 Å². The van der Waals surface area contributed by atoms with Crippen molar-refractivity contribution in [2.45, 2.75) is 32.2 Å². The first-order chi connectivity index (χ1) is 5.89. The highest BCUT2D eigenvalue weighted by molar-refractivity contribution is 4.69. The van der Waals surface area contributed by atoms with E-state index in [-0.39, 0.29) is 18.8 Å². The van der Waals surface area contributed by atoms with Crippen LogP contribution in [0.4, 0.5) is 0 Å². The van der Waals surface area contributed by atoms with Gasteiger partial charge in [0, 0.05) is 14.2 Å². The maximum atomic E-state index is 9.04. The summed E-state index contributed by atoms with van der Waals surface area (Å²) in [6, 6.07) is 0. The van der Waals surface area contributed by atoms with Crippen molar-refractivity contribution in [2.24, 2.45) is 0 Å². The van der Waals surface area contributed by atoms with Crippen LogP contribution in [0, 0.1) is 0 Å². The smallest absolute Gasteiger partial charge is 0.215 e. The minimum atomic E-state index is -1.03. The number of ether oxygens (including phenoxy) is 3. The largest absolute Gasteiger partial charge is 0.391 e. The van der Waals surface area contributed by atoms with E-state index in [1.165, 1.54) is 14.2 Å². The molecule has 0 aromatic carbocycles. The van der Waals surface area contributed by atoms with E-state index in [9.17, 15) is 0 Å². The Hall–Kier alpha value is -0.160. The quantitative estimate of drug-likeness (QED) is 0.654. The van der Waals surface area contributed by atoms with Crippen molar-refractivity contribution in [3.63, 3.8) is 0 Å². The van der Waals surface area contributed by atoms with Crippen LogP contribution in [0.2, 0.25) is 0 Å². The maximum absolute atomic E-state index is 9.04. The van der Waals surface area contributed by atoms with Crippen LogP contribution in [0.25, 0.3) is 0 Å². The molecule has 0 rings (SSSR count). The molecule has 0 aliphatic carbocycles. The summed E-state index contributed by atoms with van der Waals surface area (Å²) in [7, 11) is 2.96. The Morgan fingerprint density at radius 1 is 1.08 bits per heavy atom. The molecule has 0 heterocycles. The molecule has 0 fully saturated rings. The highest BCUT2D eigenvalue weighted by Gasteiger charge is 2.31. The Morgan fingerprint density at radius 2 is 1.54 bits per heavy atom. The van der Waals surface area contributed by atoms with Gasteiger partial charge < -0.3 is 19.3 Å². The Morgan fingerprint density at radius 3 is 1.77 bits per heavy atom. The Bertz CT molecular complexity index is 127. The van der Waals surface area contributed by atoms with Gasteiger partial charge in [-0.3, -0.25) is 0 Å². The lowest BCUT2D eigenvalue weighted by atomic mass is 10.2. The van der Waals surface area contributed by atoms with Gasteiger partial charge in [-0.1, -0.05) is 0 Å². The predicted octanol–water partition coefficient (Wildman–Crippen LogP) is 0.783. The molecule has 0 radical (unpaired) electrons. The van der Waals surface area contributed by atoms with Crippen LogP contribution in [0.5, 0.6) is 0 Å². The SMILES string of the molecule is COC(CO)(COC(C)(C)C)OC. The molecule has 0 aromatic heterocycles. The van der Waals surface area contributed by atoms with Crippen LogP contribution in [-0.4, -0.2) is 43.9 Å². The molecule has 0 amide bonds. The first kappa shape index (κ1) is 12.8. The van der Waals surface area contributed by atoms with Gasteiger partial charge in [-0.15, -0.1) is 0 Å². The molecule has 13 heavy (non-hydrogen) atoms. The first-order valence-electron chi connectivity index (χ1n) is 4.24. The molecule has 0 atom stereocenters. The summed E-state index contributed by atoms with van der Waals surface area (Å²) in [6.45, 7) is 5.78. The maximum Gasteiger partial charge on any atom is 0.215 e. The van der Waals surface area contributed by atoms with Crippen molar-refractivity contribution in [3.05, 3.63) is 0 Å². The minimum absolute atomic E-state index is 0.208. The fourth-order valence-electron chi connectivity index (χ4n) is 0.702. The Labute approximate surface area is 79.8 Å². The number of rotatable bonds is 5. The lowest BCUT2D eigenvalue weighted by Crippen LogP contribution is -2.44. The van der Waals surface area contributed by atoms with Crippen LogP contribution >= 0.6 is 0 Å². The molecule has 0 aliphatic heterocycles. The van der Waals surface area contributed by atoms with Crippen molar-refractivity contribution < 1.29 is 19.3 Å².